The fourth-order valence-electron chi connectivity index (χ4n) is 4.95. The van der Waals surface area contributed by atoms with Crippen LogP contribution in [0.25, 0.3) is 11.3 Å². The van der Waals surface area contributed by atoms with Crippen LogP contribution in [0.3, 0.4) is 0 Å². The Hall–Kier alpha value is -5.25. The number of amides is 2. The number of carboxylic acids is 1. The average molecular weight is 524 g/mol. The number of carbonyl (C=O) groups excluding carboxylic acids is 2. The number of hydrogen-bond donors (Lipinski definition) is 3. The number of rotatable bonds is 6. The molecular weight excluding hydrogens is 501 g/mol. The van der Waals surface area contributed by atoms with Crippen LogP contribution in [-0.4, -0.2) is 39.2 Å². The van der Waals surface area contributed by atoms with E-state index in [2.05, 4.69) is 15.7 Å². The van der Waals surface area contributed by atoms with Crippen LogP contribution in [0.5, 0.6) is 0 Å². The van der Waals surface area contributed by atoms with Crippen molar-refractivity contribution in [2.75, 3.05) is 22.1 Å². The summed E-state index contributed by atoms with van der Waals surface area (Å²) in [4.78, 5) is 39.2. The summed E-state index contributed by atoms with van der Waals surface area (Å²) in [5.74, 6) is -1.98. The van der Waals surface area contributed by atoms with Crippen molar-refractivity contribution in [3.63, 3.8) is 0 Å². The third kappa shape index (κ3) is 4.52. The average Bonchev–Trinajstić information content (AvgIpc) is 3.65. The number of benzene rings is 3. The van der Waals surface area contributed by atoms with E-state index in [-0.39, 0.29) is 18.0 Å². The first kappa shape index (κ1) is 24.1. The summed E-state index contributed by atoms with van der Waals surface area (Å²) >= 11 is 0. The van der Waals surface area contributed by atoms with E-state index in [1.54, 1.807) is 46.2 Å². The molecular formula is C29H22FN5O4. The van der Waals surface area contributed by atoms with E-state index in [4.69, 9.17) is 0 Å². The zero-order valence-electron chi connectivity index (χ0n) is 20.5. The quantitative estimate of drug-likeness (QED) is 0.326. The highest BCUT2D eigenvalue weighted by Gasteiger charge is 2.30. The molecule has 0 saturated carbocycles. The lowest BCUT2D eigenvalue weighted by Gasteiger charge is -2.19. The minimum Gasteiger partial charge on any atom is -0.478 e. The number of fused-ring (bicyclic) bond motifs is 2. The second-order valence-corrected chi connectivity index (χ2v) is 9.24. The summed E-state index contributed by atoms with van der Waals surface area (Å²) in [5, 5.41) is 19.5. The second-order valence-electron chi connectivity index (χ2n) is 9.24. The zero-order chi connectivity index (χ0) is 27.1. The molecule has 3 N–H and O–H groups in total. The standard InChI is InChI=1S/C29H22FN5O4/c30-20-5-2-17(3-6-20)27(26-22-8-4-19(29(38)39)15-23(22)33-28(26)37)32-21-7-9-24-18(14-21)10-13-35(24)25(36)16-34-12-1-11-31-34/h1-9,11-12,14-15,32H,10,13,16H2,(H,33,37)(H,38,39)/b27-26-. The number of aromatic nitrogens is 2. The molecule has 0 fully saturated rings. The van der Waals surface area contributed by atoms with Gasteiger partial charge >= 0.3 is 5.97 Å². The number of nitrogens with zero attached hydrogens (tertiary/aromatic N) is 3. The molecule has 0 radical (unpaired) electrons. The third-order valence-electron chi connectivity index (χ3n) is 6.80. The molecule has 0 atom stereocenters. The molecule has 2 amide bonds. The summed E-state index contributed by atoms with van der Waals surface area (Å²) in [5.41, 5.74) is 4.78. The fraction of sp³-hybridized carbons (Fsp3) is 0.103. The molecule has 194 valence electrons. The molecule has 1 aromatic heterocycles. The number of hydrogen-bond acceptors (Lipinski definition) is 5. The van der Waals surface area contributed by atoms with E-state index in [1.165, 1.54) is 24.3 Å². The van der Waals surface area contributed by atoms with E-state index in [0.717, 1.165) is 11.3 Å². The highest BCUT2D eigenvalue weighted by Crippen LogP contribution is 2.39. The molecule has 0 bridgehead atoms. The van der Waals surface area contributed by atoms with Crippen LogP contribution < -0.4 is 15.5 Å². The van der Waals surface area contributed by atoms with Crippen LogP contribution in [0.15, 0.2) is 79.1 Å². The Morgan fingerprint density at radius 1 is 1.05 bits per heavy atom. The SMILES string of the molecule is O=C1Nc2cc(C(=O)O)ccc2/C1=C(/Nc1ccc2c(c1)CCN2C(=O)Cn1cccn1)c1ccc(F)cc1. The van der Waals surface area contributed by atoms with Gasteiger partial charge in [0.1, 0.15) is 12.4 Å². The van der Waals surface area contributed by atoms with Crippen molar-refractivity contribution < 1.29 is 23.9 Å². The van der Waals surface area contributed by atoms with Crippen molar-refractivity contribution >= 4 is 46.1 Å². The van der Waals surface area contributed by atoms with Crippen molar-refractivity contribution in [2.45, 2.75) is 13.0 Å². The van der Waals surface area contributed by atoms with Crippen molar-refractivity contribution in [3.05, 3.63) is 107 Å². The zero-order valence-corrected chi connectivity index (χ0v) is 20.5. The molecule has 3 aromatic carbocycles. The highest BCUT2D eigenvalue weighted by atomic mass is 19.1. The lowest BCUT2D eigenvalue weighted by Crippen LogP contribution is -2.32. The molecule has 2 aliphatic heterocycles. The molecule has 0 aliphatic carbocycles. The van der Waals surface area contributed by atoms with Crippen molar-refractivity contribution in [1.29, 1.82) is 0 Å². The molecule has 6 rings (SSSR count). The van der Waals surface area contributed by atoms with E-state index >= 15 is 0 Å². The van der Waals surface area contributed by atoms with Crippen molar-refractivity contribution in [3.8, 4) is 0 Å². The van der Waals surface area contributed by atoms with Gasteiger partial charge in [-0.3, -0.25) is 14.3 Å². The maximum atomic E-state index is 13.8. The lowest BCUT2D eigenvalue weighted by molar-refractivity contribution is -0.119. The Labute approximate surface area is 222 Å². The van der Waals surface area contributed by atoms with E-state index in [0.29, 0.717) is 46.7 Å². The maximum absolute atomic E-state index is 13.8. The topological polar surface area (TPSA) is 117 Å². The van der Waals surface area contributed by atoms with Gasteiger partial charge in [0.2, 0.25) is 5.91 Å². The van der Waals surface area contributed by atoms with E-state index < -0.39 is 17.7 Å². The van der Waals surface area contributed by atoms with Crippen molar-refractivity contribution in [1.82, 2.24) is 9.78 Å². The number of nitrogens with one attached hydrogen (secondary N) is 2. The van der Waals surface area contributed by atoms with Gasteiger partial charge < -0.3 is 20.6 Å². The largest absolute Gasteiger partial charge is 0.478 e. The van der Waals surface area contributed by atoms with Gasteiger partial charge in [-0.2, -0.15) is 5.10 Å². The number of carboxylic acid groups (broad SMARTS) is 1. The monoisotopic (exact) mass is 523 g/mol. The predicted molar refractivity (Wildman–Crippen MR) is 144 cm³/mol. The summed E-state index contributed by atoms with van der Waals surface area (Å²) in [6.07, 6.45) is 4.04. The maximum Gasteiger partial charge on any atom is 0.335 e. The minimum atomic E-state index is -1.10. The lowest BCUT2D eigenvalue weighted by atomic mass is 9.98. The van der Waals surface area contributed by atoms with Crippen LogP contribution in [0, 0.1) is 5.82 Å². The number of halogens is 1. The molecule has 39 heavy (non-hydrogen) atoms. The fourth-order valence-corrected chi connectivity index (χ4v) is 4.95. The number of aromatic carboxylic acids is 1. The van der Waals surface area contributed by atoms with Gasteiger partial charge in [0.15, 0.2) is 0 Å². The first-order chi connectivity index (χ1) is 18.9. The van der Waals surface area contributed by atoms with Crippen LogP contribution in [0.1, 0.15) is 27.0 Å². The van der Waals surface area contributed by atoms with Crippen LogP contribution >= 0.6 is 0 Å². The Morgan fingerprint density at radius 2 is 1.85 bits per heavy atom. The van der Waals surface area contributed by atoms with Crippen LogP contribution in [-0.2, 0) is 22.6 Å². The van der Waals surface area contributed by atoms with Crippen LogP contribution in [0.2, 0.25) is 0 Å². The molecule has 4 aromatic rings. The smallest absolute Gasteiger partial charge is 0.335 e. The first-order valence-electron chi connectivity index (χ1n) is 12.2. The van der Waals surface area contributed by atoms with Gasteiger partial charge in [0.25, 0.3) is 5.91 Å². The summed E-state index contributed by atoms with van der Waals surface area (Å²) in [6.45, 7) is 0.692. The Morgan fingerprint density at radius 3 is 2.59 bits per heavy atom. The molecule has 0 spiro atoms. The summed E-state index contributed by atoms with van der Waals surface area (Å²) < 4.78 is 15.3. The molecule has 3 heterocycles. The van der Waals surface area contributed by atoms with Crippen molar-refractivity contribution in [2.24, 2.45) is 0 Å². The van der Waals surface area contributed by atoms with Gasteiger partial charge in [-0.1, -0.05) is 6.07 Å². The Kier molecular flexibility index (Phi) is 5.91. The van der Waals surface area contributed by atoms with Gasteiger partial charge in [0, 0.05) is 35.9 Å². The molecule has 9 nitrogen and oxygen atoms in total. The Balaban J connectivity index is 1.36. The second kappa shape index (κ2) is 9.56. The highest BCUT2D eigenvalue weighted by molar-refractivity contribution is 6.37. The van der Waals surface area contributed by atoms with E-state index in [1.807, 2.05) is 18.2 Å². The van der Waals surface area contributed by atoms with E-state index in [9.17, 15) is 23.9 Å². The molecule has 0 saturated heterocycles. The van der Waals surface area contributed by atoms with Gasteiger partial charge in [-0.15, -0.1) is 0 Å². The number of carbonyl (C=O) groups is 3. The molecule has 2 aliphatic rings. The third-order valence-corrected chi connectivity index (χ3v) is 6.80. The minimum absolute atomic E-state index is 0.0527. The van der Waals surface area contributed by atoms with Gasteiger partial charge in [-0.05, 0) is 78.2 Å². The summed E-state index contributed by atoms with van der Waals surface area (Å²) in [7, 11) is 0. The Bertz CT molecular complexity index is 1660. The predicted octanol–water partition coefficient (Wildman–Crippen LogP) is 4.24. The number of anilines is 3. The van der Waals surface area contributed by atoms with Gasteiger partial charge in [-0.25, -0.2) is 9.18 Å². The summed E-state index contributed by atoms with van der Waals surface area (Å²) in [6, 6.07) is 17.6. The molecule has 0 unspecified atom stereocenters. The first-order valence-corrected chi connectivity index (χ1v) is 12.2. The normalized spacial score (nSPS) is 15.0. The van der Waals surface area contributed by atoms with Crippen LogP contribution in [0.4, 0.5) is 21.5 Å². The molecule has 10 heteroatoms. The van der Waals surface area contributed by atoms with Gasteiger partial charge in [0.05, 0.1) is 22.5 Å².